The number of rotatable bonds is 3. The van der Waals surface area contributed by atoms with Crippen molar-refractivity contribution in [1.82, 2.24) is 0 Å². The monoisotopic (exact) mass is 291 g/mol. The molecule has 2 N–H and O–H groups in total. The van der Waals surface area contributed by atoms with Crippen molar-refractivity contribution >= 4 is 22.6 Å². The van der Waals surface area contributed by atoms with Crippen molar-refractivity contribution < 1.29 is 4.74 Å². The molecule has 0 aliphatic heterocycles. The summed E-state index contributed by atoms with van der Waals surface area (Å²) in [4.78, 5) is 0. The van der Waals surface area contributed by atoms with E-state index in [0.717, 1.165) is 5.76 Å². The molecule has 1 saturated carbocycles. The molecule has 0 radical (unpaired) electrons. The third-order valence-corrected chi connectivity index (χ3v) is 3.67. The van der Waals surface area contributed by atoms with E-state index in [1.54, 1.807) is 0 Å². The van der Waals surface area contributed by atoms with E-state index in [1.807, 2.05) is 0 Å². The Morgan fingerprint density at radius 2 is 2.31 bits per heavy atom. The van der Waals surface area contributed by atoms with Crippen LogP contribution in [0.4, 0.5) is 0 Å². The number of halogens is 1. The molecule has 2 rings (SSSR count). The lowest BCUT2D eigenvalue weighted by Crippen LogP contribution is -2.23. The van der Waals surface area contributed by atoms with Gasteiger partial charge in [-0.2, -0.15) is 0 Å². The molecule has 0 bridgehead atoms. The summed E-state index contributed by atoms with van der Waals surface area (Å²) in [5, 5.41) is 0. The Labute approximate surface area is 92.3 Å². The molecule has 2 aliphatic rings. The Kier molecular flexibility index (Phi) is 2.93. The Balaban J connectivity index is 1.98. The smallest absolute Gasteiger partial charge is 0.115 e. The fourth-order valence-corrected chi connectivity index (χ4v) is 2.05. The predicted molar refractivity (Wildman–Crippen MR) is 61.7 cm³/mol. The lowest BCUT2D eigenvalue weighted by atomic mass is 10.0. The molecule has 0 aromatic heterocycles. The van der Waals surface area contributed by atoms with Gasteiger partial charge in [-0.05, 0) is 25.0 Å². The minimum atomic E-state index is 0.444. The molecule has 3 heteroatoms. The molecule has 2 aliphatic carbocycles. The van der Waals surface area contributed by atoms with Gasteiger partial charge in [-0.1, -0.05) is 28.7 Å². The first-order valence-electron chi connectivity index (χ1n) is 4.70. The normalized spacial score (nSPS) is 32.9. The van der Waals surface area contributed by atoms with Gasteiger partial charge >= 0.3 is 0 Å². The summed E-state index contributed by atoms with van der Waals surface area (Å²) in [5.74, 6) is 1.46. The van der Waals surface area contributed by atoms with Crippen LogP contribution in [0.5, 0.6) is 0 Å². The minimum Gasteiger partial charge on any atom is -0.491 e. The Morgan fingerprint density at radius 1 is 1.54 bits per heavy atom. The molecule has 72 valence electrons. The van der Waals surface area contributed by atoms with E-state index in [4.69, 9.17) is 10.5 Å². The van der Waals surface area contributed by atoms with Gasteiger partial charge in [0.1, 0.15) is 5.76 Å². The van der Waals surface area contributed by atoms with Crippen molar-refractivity contribution in [3.05, 3.63) is 24.0 Å². The number of hydrogen-bond donors (Lipinski definition) is 1. The largest absolute Gasteiger partial charge is 0.491 e. The van der Waals surface area contributed by atoms with Crippen molar-refractivity contribution in [1.29, 1.82) is 0 Å². The summed E-state index contributed by atoms with van der Waals surface area (Å²) in [7, 11) is 0. The van der Waals surface area contributed by atoms with E-state index in [0.29, 0.717) is 22.5 Å². The first kappa shape index (κ1) is 9.52. The second kappa shape index (κ2) is 4.00. The van der Waals surface area contributed by atoms with E-state index in [9.17, 15) is 0 Å². The highest BCUT2D eigenvalue weighted by Crippen LogP contribution is 2.30. The first-order valence-corrected chi connectivity index (χ1v) is 5.95. The topological polar surface area (TPSA) is 35.2 Å². The van der Waals surface area contributed by atoms with Crippen molar-refractivity contribution in [2.45, 2.75) is 22.9 Å². The third-order valence-electron chi connectivity index (χ3n) is 2.33. The molecule has 2 unspecified atom stereocenters. The van der Waals surface area contributed by atoms with Crippen molar-refractivity contribution in [3.63, 3.8) is 0 Å². The third kappa shape index (κ3) is 2.47. The van der Waals surface area contributed by atoms with Gasteiger partial charge in [0.2, 0.25) is 0 Å². The van der Waals surface area contributed by atoms with Crippen LogP contribution in [0.3, 0.4) is 0 Å². The zero-order chi connectivity index (χ0) is 9.26. The molecular weight excluding hydrogens is 277 g/mol. The molecule has 13 heavy (non-hydrogen) atoms. The van der Waals surface area contributed by atoms with E-state index in [-0.39, 0.29) is 0 Å². The highest BCUT2D eigenvalue weighted by Gasteiger charge is 2.25. The molecule has 1 fully saturated rings. The molecule has 0 aromatic carbocycles. The number of allylic oxidation sites excluding steroid dienone is 2. The van der Waals surface area contributed by atoms with E-state index >= 15 is 0 Å². The van der Waals surface area contributed by atoms with Crippen LogP contribution in [0.2, 0.25) is 0 Å². The maximum Gasteiger partial charge on any atom is 0.115 e. The van der Waals surface area contributed by atoms with Gasteiger partial charge in [-0.3, -0.25) is 0 Å². The Morgan fingerprint density at radius 3 is 2.92 bits per heavy atom. The number of ether oxygens (including phenoxy) is 1. The lowest BCUT2D eigenvalue weighted by molar-refractivity contribution is 0.205. The summed E-state index contributed by atoms with van der Waals surface area (Å²) in [5.41, 5.74) is 5.66. The van der Waals surface area contributed by atoms with Gasteiger partial charge in [0, 0.05) is 16.4 Å². The van der Waals surface area contributed by atoms with Crippen LogP contribution < -0.4 is 5.73 Å². The maximum absolute atomic E-state index is 5.70. The fourth-order valence-electron chi connectivity index (χ4n) is 1.34. The van der Waals surface area contributed by atoms with Gasteiger partial charge in [-0.25, -0.2) is 0 Å². The first-order chi connectivity index (χ1) is 6.29. The van der Waals surface area contributed by atoms with Crippen LogP contribution in [-0.4, -0.2) is 16.6 Å². The summed E-state index contributed by atoms with van der Waals surface area (Å²) >= 11 is 2.41. The van der Waals surface area contributed by atoms with Crippen LogP contribution in [-0.2, 0) is 4.74 Å². The van der Waals surface area contributed by atoms with Crippen LogP contribution >= 0.6 is 22.6 Å². The molecule has 0 saturated heterocycles. The molecule has 0 amide bonds. The zero-order valence-corrected chi connectivity index (χ0v) is 9.61. The van der Waals surface area contributed by atoms with Gasteiger partial charge in [-0.15, -0.1) is 0 Å². The van der Waals surface area contributed by atoms with Crippen LogP contribution in [0, 0.1) is 5.92 Å². The average Bonchev–Trinajstić information content (AvgIpc) is 2.92. The van der Waals surface area contributed by atoms with Crippen molar-refractivity contribution in [3.8, 4) is 0 Å². The minimum absolute atomic E-state index is 0.444. The highest BCUT2D eigenvalue weighted by molar-refractivity contribution is 14.1. The maximum atomic E-state index is 5.70. The van der Waals surface area contributed by atoms with Crippen LogP contribution in [0.1, 0.15) is 12.8 Å². The van der Waals surface area contributed by atoms with Crippen LogP contribution in [0.25, 0.3) is 0 Å². The molecule has 0 spiro atoms. The summed E-state index contributed by atoms with van der Waals surface area (Å²) < 4.78 is 6.22. The number of nitrogens with two attached hydrogens (primary N) is 1. The van der Waals surface area contributed by atoms with Gasteiger partial charge in [0.05, 0.1) is 6.10 Å². The highest BCUT2D eigenvalue weighted by atomic mass is 127. The molecule has 2 atom stereocenters. The summed E-state index contributed by atoms with van der Waals surface area (Å²) in [6.45, 7) is 0.704. The SMILES string of the molecule is NCC1C=C(OC2CC2)C=CC1I. The standard InChI is InChI=1S/C10H14INO/c11-10-4-3-9(5-7(10)6-12)13-8-1-2-8/h3-5,7-8,10H,1-2,6,12H2. The molecule has 2 nitrogen and oxygen atoms in total. The molecule has 0 heterocycles. The Bertz CT molecular complexity index is 245. The number of hydrogen-bond acceptors (Lipinski definition) is 2. The Hall–Kier alpha value is -0.0300. The van der Waals surface area contributed by atoms with Gasteiger partial charge in [0.15, 0.2) is 0 Å². The van der Waals surface area contributed by atoms with Gasteiger partial charge < -0.3 is 10.5 Å². The van der Waals surface area contributed by atoms with E-state index in [2.05, 4.69) is 40.8 Å². The lowest BCUT2D eigenvalue weighted by Gasteiger charge is -2.20. The quantitative estimate of drug-likeness (QED) is 0.637. The second-order valence-corrected chi connectivity index (χ2v) is 5.03. The predicted octanol–water partition coefficient (Wildman–Crippen LogP) is 2.00. The van der Waals surface area contributed by atoms with Crippen molar-refractivity contribution in [2.75, 3.05) is 6.54 Å². The van der Waals surface area contributed by atoms with Crippen molar-refractivity contribution in [2.24, 2.45) is 11.7 Å². The molecular formula is C10H14INO. The number of alkyl halides is 1. The second-order valence-electron chi connectivity index (χ2n) is 3.59. The average molecular weight is 291 g/mol. The van der Waals surface area contributed by atoms with E-state index < -0.39 is 0 Å². The molecule has 0 aromatic rings. The fraction of sp³-hybridized carbons (Fsp3) is 0.600. The zero-order valence-electron chi connectivity index (χ0n) is 7.45. The summed E-state index contributed by atoms with van der Waals surface area (Å²) in [6.07, 6.45) is 9.32. The van der Waals surface area contributed by atoms with Gasteiger partial charge in [0.25, 0.3) is 0 Å². The summed E-state index contributed by atoms with van der Waals surface area (Å²) in [6, 6.07) is 0. The van der Waals surface area contributed by atoms with E-state index in [1.165, 1.54) is 12.8 Å². The van der Waals surface area contributed by atoms with Crippen LogP contribution in [0.15, 0.2) is 24.0 Å².